The number of carbonyl (C=O) groups is 1. The van der Waals surface area contributed by atoms with E-state index in [1.807, 2.05) is 12.1 Å². The summed E-state index contributed by atoms with van der Waals surface area (Å²) in [5.41, 5.74) is 0.862. The second kappa shape index (κ2) is 8.99. The molecule has 0 radical (unpaired) electrons. The maximum Gasteiger partial charge on any atom is 0.407 e. The molecule has 0 unspecified atom stereocenters. The summed E-state index contributed by atoms with van der Waals surface area (Å²) in [4.78, 5) is 15.3. The fraction of sp³-hybridized carbons (Fsp3) is 0.667. The minimum Gasteiger partial charge on any atom is -0.465 e. The number of rotatable bonds is 5. The minimum absolute atomic E-state index is 0.0172. The Balaban J connectivity index is 1.74. The van der Waals surface area contributed by atoms with Crippen molar-refractivity contribution in [2.75, 3.05) is 33.4 Å². The van der Waals surface area contributed by atoms with Crippen molar-refractivity contribution in [3.8, 4) is 0 Å². The molecule has 1 amide bonds. The predicted molar refractivity (Wildman–Crippen MR) is 109 cm³/mol. The third kappa shape index (κ3) is 4.98. The van der Waals surface area contributed by atoms with Crippen LogP contribution in [0, 0.1) is 0 Å². The highest BCUT2D eigenvalue weighted by molar-refractivity contribution is 6.30. The number of benzene rings is 1. The summed E-state index contributed by atoms with van der Waals surface area (Å²) in [7, 11) is 1.72. The highest BCUT2D eigenvalue weighted by Gasteiger charge is 2.41. The Morgan fingerprint density at radius 1 is 1.29 bits per heavy atom. The molecular formula is C21H31ClN2O4. The fourth-order valence-corrected chi connectivity index (χ4v) is 4.30. The van der Waals surface area contributed by atoms with Gasteiger partial charge in [-0.2, -0.15) is 0 Å². The van der Waals surface area contributed by atoms with Gasteiger partial charge in [-0.1, -0.05) is 23.7 Å². The van der Waals surface area contributed by atoms with Gasteiger partial charge >= 0.3 is 6.09 Å². The lowest BCUT2D eigenvalue weighted by molar-refractivity contribution is -0.166. The molecule has 6 nitrogen and oxygen atoms in total. The number of hydrogen-bond acceptors (Lipinski definition) is 4. The van der Waals surface area contributed by atoms with E-state index < -0.39 is 6.09 Å². The van der Waals surface area contributed by atoms with Gasteiger partial charge in [-0.3, -0.25) is 4.90 Å². The highest BCUT2D eigenvalue weighted by Crippen LogP contribution is 2.29. The molecule has 2 fully saturated rings. The predicted octanol–water partition coefficient (Wildman–Crippen LogP) is 3.52. The summed E-state index contributed by atoms with van der Waals surface area (Å²) >= 11 is 6.03. The van der Waals surface area contributed by atoms with E-state index >= 15 is 0 Å². The van der Waals surface area contributed by atoms with E-state index in [1.165, 1.54) is 10.5 Å². The zero-order chi connectivity index (χ0) is 20.3. The number of hydrogen-bond donors (Lipinski definition) is 1. The van der Waals surface area contributed by atoms with Crippen molar-refractivity contribution in [1.82, 2.24) is 9.80 Å². The lowest BCUT2D eigenvalue weighted by Crippen LogP contribution is -2.61. The van der Waals surface area contributed by atoms with Crippen LogP contribution in [-0.4, -0.2) is 78.1 Å². The van der Waals surface area contributed by atoms with E-state index in [0.717, 1.165) is 30.8 Å². The monoisotopic (exact) mass is 410 g/mol. The Hall–Kier alpha value is -1.34. The van der Waals surface area contributed by atoms with Crippen molar-refractivity contribution in [2.24, 2.45) is 0 Å². The Labute approximate surface area is 172 Å². The number of piperidine rings is 1. The second-order valence-corrected chi connectivity index (χ2v) is 8.75. The average molecular weight is 411 g/mol. The molecule has 2 aliphatic heterocycles. The molecule has 156 valence electrons. The van der Waals surface area contributed by atoms with Crippen molar-refractivity contribution in [3.63, 3.8) is 0 Å². The molecular weight excluding hydrogens is 380 g/mol. The molecule has 2 atom stereocenters. The Morgan fingerprint density at radius 2 is 1.93 bits per heavy atom. The van der Waals surface area contributed by atoms with Gasteiger partial charge in [0.1, 0.15) is 0 Å². The Morgan fingerprint density at radius 3 is 2.50 bits per heavy atom. The molecule has 1 aromatic rings. The highest BCUT2D eigenvalue weighted by atomic mass is 35.5. The zero-order valence-corrected chi connectivity index (χ0v) is 17.7. The molecule has 0 aromatic heterocycles. The zero-order valence-electron chi connectivity index (χ0n) is 16.9. The largest absolute Gasteiger partial charge is 0.465 e. The summed E-state index contributed by atoms with van der Waals surface area (Å²) < 4.78 is 11.9. The van der Waals surface area contributed by atoms with Gasteiger partial charge in [-0.15, -0.1) is 0 Å². The average Bonchev–Trinajstić information content (AvgIpc) is 2.70. The topological polar surface area (TPSA) is 62.2 Å². The van der Waals surface area contributed by atoms with Gasteiger partial charge in [0.15, 0.2) is 0 Å². The van der Waals surface area contributed by atoms with Crippen LogP contribution in [0.1, 0.15) is 32.3 Å². The molecule has 3 rings (SSSR count). The molecule has 0 saturated carbocycles. The van der Waals surface area contributed by atoms with Gasteiger partial charge in [0.05, 0.1) is 18.3 Å². The van der Waals surface area contributed by atoms with Crippen molar-refractivity contribution in [1.29, 1.82) is 0 Å². The van der Waals surface area contributed by atoms with E-state index in [0.29, 0.717) is 25.7 Å². The van der Waals surface area contributed by atoms with Gasteiger partial charge in [0.2, 0.25) is 0 Å². The Kier molecular flexibility index (Phi) is 6.86. The fourth-order valence-electron chi connectivity index (χ4n) is 4.17. The number of likely N-dealkylation sites (tertiary alicyclic amines) is 1. The van der Waals surface area contributed by atoms with Crippen molar-refractivity contribution >= 4 is 17.7 Å². The van der Waals surface area contributed by atoms with Crippen molar-refractivity contribution < 1.29 is 19.4 Å². The first-order chi connectivity index (χ1) is 13.3. The smallest absolute Gasteiger partial charge is 0.407 e. The molecule has 28 heavy (non-hydrogen) atoms. The number of nitrogens with zero attached hydrogens (tertiary/aromatic N) is 2. The summed E-state index contributed by atoms with van der Waals surface area (Å²) in [6, 6.07) is 8.59. The van der Waals surface area contributed by atoms with E-state index in [1.54, 1.807) is 7.11 Å². The lowest BCUT2D eigenvalue weighted by atomic mass is 9.92. The molecule has 0 bridgehead atoms. The third-order valence-electron chi connectivity index (χ3n) is 6.23. The maximum atomic E-state index is 11.3. The minimum atomic E-state index is -0.823. The van der Waals surface area contributed by atoms with Crippen molar-refractivity contribution in [3.05, 3.63) is 34.9 Å². The van der Waals surface area contributed by atoms with Crippen LogP contribution in [-0.2, 0) is 15.9 Å². The van der Waals surface area contributed by atoms with E-state index in [2.05, 4.69) is 30.9 Å². The van der Waals surface area contributed by atoms with Gasteiger partial charge in [-0.05, 0) is 50.8 Å². The summed E-state index contributed by atoms with van der Waals surface area (Å²) in [5.74, 6) is 0. The molecule has 1 N–H and O–H groups in total. The SMILES string of the molecule is COC(C)(C)[C@H]1CN(C2CCN(C(=O)O)CC2)[C@@H](Cc2ccc(Cl)cc2)CO1. The molecule has 2 heterocycles. The van der Waals surface area contributed by atoms with E-state index in [4.69, 9.17) is 21.1 Å². The van der Waals surface area contributed by atoms with Crippen LogP contribution in [0.15, 0.2) is 24.3 Å². The summed E-state index contributed by atoms with van der Waals surface area (Å²) in [5, 5.41) is 9.99. The van der Waals surface area contributed by atoms with Crippen LogP contribution in [0.4, 0.5) is 4.79 Å². The molecule has 1 aromatic carbocycles. The van der Waals surface area contributed by atoms with Crippen LogP contribution in [0.3, 0.4) is 0 Å². The quantitative estimate of drug-likeness (QED) is 0.804. The van der Waals surface area contributed by atoms with Crippen LogP contribution in [0.25, 0.3) is 0 Å². The van der Waals surface area contributed by atoms with Crippen LogP contribution in [0.2, 0.25) is 5.02 Å². The number of amides is 1. The Bertz CT molecular complexity index is 659. The molecule has 2 aliphatic rings. The number of ether oxygens (including phenoxy) is 2. The van der Waals surface area contributed by atoms with Gasteiger partial charge in [-0.25, -0.2) is 4.79 Å². The van der Waals surface area contributed by atoms with Crippen molar-refractivity contribution in [2.45, 2.75) is 56.9 Å². The molecule has 0 spiro atoms. The molecule has 7 heteroatoms. The van der Waals surface area contributed by atoms with E-state index in [-0.39, 0.29) is 17.7 Å². The number of morpholine rings is 1. The van der Waals surface area contributed by atoms with Gasteiger partial charge in [0.25, 0.3) is 0 Å². The number of carboxylic acid groups (broad SMARTS) is 1. The molecule has 2 saturated heterocycles. The van der Waals surface area contributed by atoms with Crippen LogP contribution < -0.4 is 0 Å². The normalized spacial score (nSPS) is 25.1. The lowest BCUT2D eigenvalue weighted by Gasteiger charge is -2.49. The molecule has 0 aliphatic carbocycles. The van der Waals surface area contributed by atoms with Gasteiger partial charge in [0, 0.05) is 43.9 Å². The first kappa shape index (κ1) is 21.4. The van der Waals surface area contributed by atoms with E-state index in [9.17, 15) is 9.90 Å². The number of halogens is 1. The van der Waals surface area contributed by atoms with Crippen LogP contribution >= 0.6 is 11.6 Å². The maximum absolute atomic E-state index is 11.3. The first-order valence-electron chi connectivity index (χ1n) is 9.95. The van der Waals surface area contributed by atoms with Crippen LogP contribution in [0.5, 0.6) is 0 Å². The number of methoxy groups -OCH3 is 1. The third-order valence-corrected chi connectivity index (χ3v) is 6.48. The first-order valence-corrected chi connectivity index (χ1v) is 10.3. The van der Waals surface area contributed by atoms with Gasteiger partial charge < -0.3 is 19.5 Å². The standard InChI is InChI=1S/C21H31ClN2O4/c1-21(2,27-3)19-13-24(17-8-10-23(11-9-17)20(25)26)18(14-28-19)12-15-4-6-16(22)7-5-15/h4-7,17-19H,8-14H2,1-3H3,(H,25,26)/t18-,19+/m0/s1. The summed E-state index contributed by atoms with van der Waals surface area (Å²) in [6.07, 6.45) is 1.75. The second-order valence-electron chi connectivity index (χ2n) is 8.31. The summed E-state index contributed by atoms with van der Waals surface area (Å²) in [6.45, 7) is 6.72.